The lowest BCUT2D eigenvalue weighted by Crippen LogP contribution is -2.70. The fourth-order valence-electron chi connectivity index (χ4n) is 8.82. The summed E-state index contributed by atoms with van der Waals surface area (Å²) in [5.41, 5.74) is 2.12. The van der Waals surface area contributed by atoms with Crippen molar-refractivity contribution in [3.8, 4) is 23.0 Å². The second-order valence-corrected chi connectivity index (χ2v) is 16.3. The SMILES string of the molecule is C=CCO[C@@]12Oc3ccc(Oc4ccc(OC)c(C=O)c4)cc3[C@H]3[C@H](CCCCO)[C@@H](CCCCO)C=C(C(=NOC(C)(C)C)C[C@@H]1N(CCOCCO)C(=O)OCC)[C@H]32. The number of benzene rings is 2. The third kappa shape index (κ3) is 10.9. The number of methoxy groups -OCH3 is 1. The Morgan fingerprint density at radius 2 is 1.75 bits per heavy atom. The number of fused-ring (bicyclic) bond motifs is 2. The van der Waals surface area contributed by atoms with Crippen LogP contribution in [0, 0.1) is 17.8 Å². The molecule has 0 radical (unpaired) electrons. The number of oxime groups is 1. The molecule has 0 aromatic heterocycles. The molecule has 2 aromatic carbocycles. The molecule has 0 unspecified atom stereocenters. The molecule has 5 rings (SSSR count). The minimum atomic E-state index is -1.50. The lowest BCUT2D eigenvalue weighted by atomic mass is 9.55. The molecule has 1 fully saturated rings. The van der Waals surface area contributed by atoms with Gasteiger partial charge >= 0.3 is 6.09 Å². The van der Waals surface area contributed by atoms with E-state index in [4.69, 9.17) is 38.4 Å². The largest absolute Gasteiger partial charge is 0.496 e. The minimum absolute atomic E-state index is 0.0104. The molecule has 330 valence electrons. The molecular weight excluding hydrogens is 773 g/mol. The summed E-state index contributed by atoms with van der Waals surface area (Å²) < 4.78 is 37.4. The fourth-order valence-corrected chi connectivity index (χ4v) is 8.82. The van der Waals surface area contributed by atoms with E-state index in [-0.39, 0.29) is 77.0 Å². The van der Waals surface area contributed by atoms with Crippen LogP contribution in [0.3, 0.4) is 0 Å². The van der Waals surface area contributed by atoms with Gasteiger partial charge in [-0.25, -0.2) is 4.79 Å². The van der Waals surface area contributed by atoms with Gasteiger partial charge in [-0.05, 0) is 107 Å². The number of carbonyl (C=O) groups excluding carboxylic acids is 2. The molecule has 3 N–H and O–H groups in total. The van der Waals surface area contributed by atoms with Crippen LogP contribution in [0.2, 0.25) is 0 Å². The maximum Gasteiger partial charge on any atom is 0.410 e. The normalized spacial score (nSPS) is 23.7. The molecule has 2 aromatic rings. The standard InChI is InChI=1S/C46H64N2O12/c1-7-23-57-46-41(48(44(53)56-8-2)19-24-55-25-22-51)29-38(47-60-45(3,4)5)36-27-31(13-9-11-20-49)35(14-10-12-21-50)42(43(36)46)37-28-34(16-18-40(37)59-46)58-33-15-17-39(54-6)32(26-33)30-52/h7,15-18,26-28,30-31,35,41-43,49-51H,1,8-14,19-25,29H2,2-6H3/t31-,35+,41-,42+,43+,46+/m0/s1. The zero-order valence-electron chi connectivity index (χ0n) is 35.8. The number of allylic oxidation sites excluding steroid dienone is 1. The molecule has 6 atom stereocenters. The highest BCUT2D eigenvalue weighted by Gasteiger charge is 2.65. The molecule has 14 nitrogen and oxygen atoms in total. The Bertz CT molecular complexity index is 1810. The highest BCUT2D eigenvalue weighted by atomic mass is 16.7. The summed E-state index contributed by atoms with van der Waals surface area (Å²) >= 11 is 0. The predicted molar refractivity (Wildman–Crippen MR) is 226 cm³/mol. The summed E-state index contributed by atoms with van der Waals surface area (Å²) in [7, 11) is 1.50. The van der Waals surface area contributed by atoms with E-state index in [1.54, 1.807) is 42.2 Å². The van der Waals surface area contributed by atoms with Gasteiger partial charge in [0.05, 0.1) is 57.3 Å². The zero-order chi connectivity index (χ0) is 43.3. The molecule has 1 amide bonds. The summed E-state index contributed by atoms with van der Waals surface area (Å²) in [6.45, 7) is 12.0. The van der Waals surface area contributed by atoms with Gasteiger partial charge in [-0.3, -0.25) is 9.69 Å². The number of aliphatic hydroxyl groups excluding tert-OH is 3. The zero-order valence-corrected chi connectivity index (χ0v) is 35.8. The number of carbonyl (C=O) groups is 2. The summed E-state index contributed by atoms with van der Waals surface area (Å²) in [6.07, 6.45) is 8.62. The van der Waals surface area contributed by atoms with Crippen LogP contribution < -0.4 is 14.2 Å². The molecule has 1 heterocycles. The Balaban J connectivity index is 1.78. The third-order valence-corrected chi connectivity index (χ3v) is 11.2. The number of aliphatic hydroxyl groups is 3. The smallest absolute Gasteiger partial charge is 0.410 e. The summed E-state index contributed by atoms with van der Waals surface area (Å²) in [6, 6.07) is 9.89. The first kappa shape index (κ1) is 46.6. The Morgan fingerprint density at radius 3 is 2.42 bits per heavy atom. The number of ether oxygens (including phenoxy) is 6. The van der Waals surface area contributed by atoms with E-state index in [1.165, 1.54) is 7.11 Å². The summed E-state index contributed by atoms with van der Waals surface area (Å²) in [5, 5.41) is 34.1. The number of nitrogens with zero attached hydrogens (tertiary/aromatic N) is 2. The monoisotopic (exact) mass is 836 g/mol. The lowest BCUT2D eigenvalue weighted by Gasteiger charge is -2.59. The summed E-state index contributed by atoms with van der Waals surface area (Å²) in [5.74, 6) is -0.366. The van der Waals surface area contributed by atoms with Gasteiger partial charge in [0.25, 0.3) is 0 Å². The van der Waals surface area contributed by atoms with Crippen molar-refractivity contribution in [2.75, 3.05) is 59.9 Å². The van der Waals surface area contributed by atoms with Crippen LogP contribution in [0.25, 0.3) is 0 Å². The first-order valence-electron chi connectivity index (χ1n) is 21.2. The minimum Gasteiger partial charge on any atom is -0.496 e. The van der Waals surface area contributed by atoms with Crippen molar-refractivity contribution >= 4 is 18.1 Å². The van der Waals surface area contributed by atoms with Gasteiger partial charge < -0.3 is 48.6 Å². The Labute approximate surface area is 354 Å². The van der Waals surface area contributed by atoms with Gasteiger partial charge in [-0.1, -0.05) is 30.1 Å². The molecule has 2 aliphatic carbocycles. The summed E-state index contributed by atoms with van der Waals surface area (Å²) in [4.78, 5) is 33.8. The van der Waals surface area contributed by atoms with Crippen molar-refractivity contribution in [3.63, 3.8) is 0 Å². The highest BCUT2D eigenvalue weighted by Crippen LogP contribution is 2.62. The van der Waals surface area contributed by atoms with Gasteiger partial charge in [0, 0.05) is 37.7 Å². The Hall–Kier alpha value is -4.47. The van der Waals surface area contributed by atoms with Crippen LogP contribution in [0.5, 0.6) is 23.0 Å². The van der Waals surface area contributed by atoms with Crippen LogP contribution in [0.15, 0.2) is 65.9 Å². The predicted octanol–water partition coefficient (Wildman–Crippen LogP) is 7.20. The van der Waals surface area contributed by atoms with Crippen LogP contribution in [0.4, 0.5) is 4.79 Å². The van der Waals surface area contributed by atoms with Crippen LogP contribution in [0.1, 0.15) is 94.5 Å². The van der Waals surface area contributed by atoms with Crippen LogP contribution in [-0.4, -0.2) is 116 Å². The van der Waals surface area contributed by atoms with Gasteiger partial charge in [-0.2, -0.15) is 0 Å². The number of hydrogen-bond acceptors (Lipinski definition) is 13. The Morgan fingerprint density at radius 1 is 1.02 bits per heavy atom. The molecule has 1 aliphatic heterocycles. The molecule has 14 heteroatoms. The van der Waals surface area contributed by atoms with E-state index in [9.17, 15) is 24.9 Å². The average Bonchev–Trinajstić information content (AvgIpc) is 3.23. The quantitative estimate of drug-likeness (QED) is 0.0445. The highest BCUT2D eigenvalue weighted by molar-refractivity contribution is 6.03. The van der Waals surface area contributed by atoms with Gasteiger partial charge in [0.1, 0.15) is 34.6 Å². The lowest BCUT2D eigenvalue weighted by molar-refractivity contribution is -0.256. The van der Waals surface area contributed by atoms with E-state index >= 15 is 0 Å². The molecule has 3 aliphatic rings. The van der Waals surface area contributed by atoms with Crippen LogP contribution >= 0.6 is 0 Å². The number of amides is 1. The van der Waals surface area contributed by atoms with Crippen molar-refractivity contribution in [1.82, 2.24) is 4.90 Å². The van der Waals surface area contributed by atoms with Gasteiger partial charge in [0.15, 0.2) is 6.29 Å². The van der Waals surface area contributed by atoms with Crippen molar-refractivity contribution < 1.29 is 58.2 Å². The van der Waals surface area contributed by atoms with Crippen molar-refractivity contribution in [3.05, 3.63) is 71.8 Å². The topological polar surface area (TPSA) is 175 Å². The molecule has 60 heavy (non-hydrogen) atoms. The van der Waals surface area contributed by atoms with Gasteiger partial charge in [0.2, 0.25) is 5.79 Å². The van der Waals surface area contributed by atoms with E-state index in [2.05, 4.69) is 12.7 Å². The molecule has 0 bridgehead atoms. The number of unbranched alkanes of at least 4 members (excludes halogenated alkanes) is 2. The first-order chi connectivity index (χ1) is 29.0. The molecule has 0 spiro atoms. The second kappa shape index (κ2) is 21.9. The third-order valence-electron chi connectivity index (χ3n) is 11.2. The first-order valence-corrected chi connectivity index (χ1v) is 21.2. The average molecular weight is 837 g/mol. The number of hydrogen-bond donors (Lipinski definition) is 3. The van der Waals surface area contributed by atoms with E-state index in [0.29, 0.717) is 47.1 Å². The van der Waals surface area contributed by atoms with E-state index < -0.39 is 29.4 Å². The van der Waals surface area contributed by atoms with Gasteiger partial charge in [-0.15, -0.1) is 6.58 Å². The van der Waals surface area contributed by atoms with Crippen molar-refractivity contribution in [1.29, 1.82) is 0 Å². The molecule has 1 saturated carbocycles. The molecular formula is C46H64N2O12. The Kier molecular flexibility index (Phi) is 17.0. The second-order valence-electron chi connectivity index (χ2n) is 16.3. The molecule has 0 saturated heterocycles. The maximum absolute atomic E-state index is 14.1. The fraction of sp³-hybridized carbons (Fsp3) is 0.587. The number of rotatable bonds is 23. The van der Waals surface area contributed by atoms with E-state index in [0.717, 1.165) is 43.1 Å². The maximum atomic E-state index is 14.1. The van der Waals surface area contributed by atoms with Crippen LogP contribution in [-0.2, 0) is 19.0 Å². The number of aldehydes is 1. The van der Waals surface area contributed by atoms with E-state index in [1.807, 2.05) is 32.9 Å². The van der Waals surface area contributed by atoms with Crippen molar-refractivity contribution in [2.45, 2.75) is 96.0 Å². The van der Waals surface area contributed by atoms with Crippen molar-refractivity contribution in [2.24, 2.45) is 22.9 Å².